The first-order chi connectivity index (χ1) is 11.1. The van der Waals surface area contributed by atoms with E-state index in [0.29, 0.717) is 18.9 Å². The van der Waals surface area contributed by atoms with Crippen molar-refractivity contribution in [1.29, 1.82) is 0 Å². The Kier molecular flexibility index (Phi) is 5.88. The van der Waals surface area contributed by atoms with Crippen molar-refractivity contribution in [3.8, 4) is 5.75 Å². The van der Waals surface area contributed by atoms with E-state index in [-0.39, 0.29) is 5.82 Å². The lowest BCUT2D eigenvalue weighted by atomic mass is 10.1. The third-order valence-corrected chi connectivity index (χ3v) is 3.29. The van der Waals surface area contributed by atoms with Gasteiger partial charge in [0, 0.05) is 12.6 Å². The summed E-state index contributed by atoms with van der Waals surface area (Å²) in [6.07, 6.45) is 1.48. The molecule has 1 atom stereocenters. The standard InChI is InChI=1S/C18H19FN2O2/c1-2-17(18(20)22)21-11-13-6-8-14(9-7-13)12-23-16-5-3-4-15(19)10-16/h2-10,17,21H,1,11-12H2,(H2,20,22)/t17-/m1/s1. The minimum absolute atomic E-state index is 0.324. The number of carbonyl (C=O) groups excluding carboxylic acids is 1. The van der Waals surface area contributed by atoms with Crippen LogP contribution in [-0.2, 0) is 17.9 Å². The quantitative estimate of drug-likeness (QED) is 0.736. The first-order valence-electron chi connectivity index (χ1n) is 7.20. The van der Waals surface area contributed by atoms with Gasteiger partial charge in [0.25, 0.3) is 0 Å². The molecule has 0 spiro atoms. The Labute approximate surface area is 134 Å². The molecule has 3 N–H and O–H groups in total. The van der Waals surface area contributed by atoms with Gasteiger partial charge in [-0.05, 0) is 23.3 Å². The second kappa shape index (κ2) is 8.10. The molecule has 0 radical (unpaired) electrons. The number of rotatable bonds is 8. The smallest absolute Gasteiger partial charge is 0.238 e. The summed E-state index contributed by atoms with van der Waals surface area (Å²) in [7, 11) is 0. The second-order valence-corrected chi connectivity index (χ2v) is 5.06. The van der Waals surface area contributed by atoms with Crippen LogP contribution in [-0.4, -0.2) is 11.9 Å². The van der Waals surface area contributed by atoms with Crippen LogP contribution in [0.5, 0.6) is 5.75 Å². The molecule has 5 heteroatoms. The van der Waals surface area contributed by atoms with E-state index in [4.69, 9.17) is 10.5 Å². The number of halogens is 1. The molecular formula is C18H19FN2O2. The number of carbonyl (C=O) groups is 1. The van der Waals surface area contributed by atoms with Crippen LogP contribution in [0.25, 0.3) is 0 Å². The predicted molar refractivity (Wildman–Crippen MR) is 87.2 cm³/mol. The maximum atomic E-state index is 13.1. The van der Waals surface area contributed by atoms with Gasteiger partial charge in [0.1, 0.15) is 24.2 Å². The Bertz CT molecular complexity index is 671. The zero-order valence-electron chi connectivity index (χ0n) is 12.7. The van der Waals surface area contributed by atoms with Gasteiger partial charge in [-0.25, -0.2) is 4.39 Å². The van der Waals surface area contributed by atoms with Gasteiger partial charge in [-0.15, -0.1) is 6.58 Å². The maximum Gasteiger partial charge on any atom is 0.238 e. The van der Waals surface area contributed by atoms with Gasteiger partial charge >= 0.3 is 0 Å². The van der Waals surface area contributed by atoms with Crippen molar-refractivity contribution in [3.63, 3.8) is 0 Å². The van der Waals surface area contributed by atoms with Crippen LogP contribution in [0.4, 0.5) is 4.39 Å². The van der Waals surface area contributed by atoms with E-state index in [0.717, 1.165) is 11.1 Å². The number of benzene rings is 2. The average molecular weight is 314 g/mol. The lowest BCUT2D eigenvalue weighted by Crippen LogP contribution is -2.39. The molecule has 0 unspecified atom stereocenters. The Morgan fingerprint density at radius 1 is 1.26 bits per heavy atom. The number of ether oxygens (including phenoxy) is 1. The van der Waals surface area contributed by atoms with Crippen molar-refractivity contribution < 1.29 is 13.9 Å². The highest BCUT2D eigenvalue weighted by Crippen LogP contribution is 2.14. The summed E-state index contributed by atoms with van der Waals surface area (Å²) in [4.78, 5) is 11.1. The molecule has 0 aliphatic carbocycles. The van der Waals surface area contributed by atoms with E-state index in [1.165, 1.54) is 18.2 Å². The SMILES string of the molecule is C=C[C@@H](NCc1ccc(COc2cccc(F)c2)cc1)C(N)=O. The van der Waals surface area contributed by atoms with Crippen LogP contribution >= 0.6 is 0 Å². The zero-order valence-corrected chi connectivity index (χ0v) is 12.7. The number of hydrogen-bond donors (Lipinski definition) is 2. The summed E-state index contributed by atoms with van der Waals surface area (Å²) < 4.78 is 18.6. The average Bonchev–Trinajstić information content (AvgIpc) is 2.54. The monoisotopic (exact) mass is 314 g/mol. The van der Waals surface area contributed by atoms with Gasteiger partial charge in [-0.1, -0.05) is 36.4 Å². The molecule has 2 aromatic rings. The summed E-state index contributed by atoms with van der Waals surface area (Å²) in [6.45, 7) is 4.42. The molecule has 0 aromatic heterocycles. The van der Waals surface area contributed by atoms with Crippen molar-refractivity contribution in [1.82, 2.24) is 5.32 Å². The van der Waals surface area contributed by atoms with Gasteiger partial charge < -0.3 is 10.5 Å². The fraction of sp³-hybridized carbons (Fsp3) is 0.167. The van der Waals surface area contributed by atoms with Crippen LogP contribution in [0.1, 0.15) is 11.1 Å². The fourth-order valence-electron chi connectivity index (χ4n) is 2.00. The van der Waals surface area contributed by atoms with Gasteiger partial charge in [-0.2, -0.15) is 0 Å². The van der Waals surface area contributed by atoms with E-state index in [2.05, 4.69) is 11.9 Å². The van der Waals surface area contributed by atoms with Crippen molar-refractivity contribution in [2.75, 3.05) is 0 Å². The van der Waals surface area contributed by atoms with Gasteiger partial charge in [-0.3, -0.25) is 10.1 Å². The fourth-order valence-corrected chi connectivity index (χ4v) is 2.00. The molecule has 120 valence electrons. The van der Waals surface area contributed by atoms with Crippen LogP contribution in [0.2, 0.25) is 0 Å². The molecule has 2 rings (SSSR count). The van der Waals surface area contributed by atoms with Crippen molar-refractivity contribution in [2.45, 2.75) is 19.2 Å². The zero-order chi connectivity index (χ0) is 16.7. The summed E-state index contributed by atoms with van der Waals surface area (Å²) in [5.41, 5.74) is 7.20. The molecule has 0 fully saturated rings. The molecule has 0 aliphatic heterocycles. The third-order valence-electron chi connectivity index (χ3n) is 3.29. The molecule has 4 nitrogen and oxygen atoms in total. The Hall–Kier alpha value is -2.66. The highest BCUT2D eigenvalue weighted by molar-refractivity contribution is 5.81. The number of hydrogen-bond acceptors (Lipinski definition) is 3. The molecule has 1 amide bonds. The molecule has 0 bridgehead atoms. The third kappa shape index (κ3) is 5.23. The molecular weight excluding hydrogens is 295 g/mol. The lowest BCUT2D eigenvalue weighted by molar-refractivity contribution is -0.118. The van der Waals surface area contributed by atoms with Gasteiger partial charge in [0.2, 0.25) is 5.91 Å². The number of amides is 1. The Morgan fingerprint density at radius 3 is 2.57 bits per heavy atom. The van der Waals surface area contributed by atoms with E-state index in [1.54, 1.807) is 12.1 Å². The molecule has 2 aromatic carbocycles. The van der Waals surface area contributed by atoms with E-state index < -0.39 is 11.9 Å². The predicted octanol–water partition coefficient (Wildman–Crippen LogP) is 2.53. The molecule has 0 heterocycles. The number of nitrogens with one attached hydrogen (secondary N) is 1. The molecule has 23 heavy (non-hydrogen) atoms. The van der Waals surface area contributed by atoms with E-state index in [1.807, 2.05) is 24.3 Å². The van der Waals surface area contributed by atoms with E-state index >= 15 is 0 Å². The lowest BCUT2D eigenvalue weighted by Gasteiger charge is -2.11. The van der Waals surface area contributed by atoms with Crippen LogP contribution in [0.3, 0.4) is 0 Å². The molecule has 0 aliphatic rings. The Morgan fingerprint density at radius 2 is 1.96 bits per heavy atom. The topological polar surface area (TPSA) is 64.3 Å². The Balaban J connectivity index is 1.87. The first-order valence-corrected chi connectivity index (χ1v) is 7.20. The van der Waals surface area contributed by atoms with Crippen LogP contribution < -0.4 is 15.8 Å². The van der Waals surface area contributed by atoms with Gasteiger partial charge in [0.05, 0.1) is 0 Å². The van der Waals surface area contributed by atoms with Crippen molar-refractivity contribution >= 4 is 5.91 Å². The van der Waals surface area contributed by atoms with Crippen molar-refractivity contribution in [3.05, 3.63) is 78.1 Å². The summed E-state index contributed by atoms with van der Waals surface area (Å²) >= 11 is 0. The van der Waals surface area contributed by atoms with Crippen LogP contribution in [0, 0.1) is 5.82 Å². The van der Waals surface area contributed by atoms with Gasteiger partial charge in [0.15, 0.2) is 0 Å². The minimum atomic E-state index is -0.550. The summed E-state index contributed by atoms with van der Waals surface area (Å²) in [5.74, 6) is -0.290. The molecule has 0 saturated carbocycles. The summed E-state index contributed by atoms with van der Waals surface area (Å²) in [6, 6.07) is 13.2. The number of nitrogens with two attached hydrogens (primary N) is 1. The summed E-state index contributed by atoms with van der Waals surface area (Å²) in [5, 5.41) is 3.00. The highest BCUT2D eigenvalue weighted by Gasteiger charge is 2.09. The van der Waals surface area contributed by atoms with Crippen LogP contribution in [0.15, 0.2) is 61.2 Å². The first kappa shape index (κ1) is 16.7. The minimum Gasteiger partial charge on any atom is -0.489 e. The number of primary amides is 1. The van der Waals surface area contributed by atoms with Crippen molar-refractivity contribution in [2.24, 2.45) is 5.73 Å². The van der Waals surface area contributed by atoms with E-state index in [9.17, 15) is 9.18 Å². The largest absolute Gasteiger partial charge is 0.489 e. The highest BCUT2D eigenvalue weighted by atomic mass is 19.1. The molecule has 0 saturated heterocycles. The maximum absolute atomic E-state index is 13.1. The normalized spacial score (nSPS) is 11.7. The second-order valence-electron chi connectivity index (χ2n) is 5.06.